The van der Waals surface area contributed by atoms with Gasteiger partial charge in [0.2, 0.25) is 0 Å². The first kappa shape index (κ1) is 15.8. The lowest BCUT2D eigenvalue weighted by Crippen LogP contribution is -2.44. The second kappa shape index (κ2) is 5.41. The first-order chi connectivity index (χ1) is 11.9. The summed E-state index contributed by atoms with van der Waals surface area (Å²) in [5.41, 5.74) is 5.73. The molecular formula is C16H14F3N5O. The molecule has 2 heterocycles. The van der Waals surface area contributed by atoms with Gasteiger partial charge in [0.15, 0.2) is 11.5 Å². The summed E-state index contributed by atoms with van der Waals surface area (Å²) in [6, 6.07) is 7.62. The van der Waals surface area contributed by atoms with Gasteiger partial charge in [-0.3, -0.25) is 0 Å². The van der Waals surface area contributed by atoms with Gasteiger partial charge in [-0.2, -0.15) is 23.3 Å². The van der Waals surface area contributed by atoms with Gasteiger partial charge in [-0.05, 0) is 43.5 Å². The van der Waals surface area contributed by atoms with Crippen LogP contribution in [0.2, 0.25) is 0 Å². The third kappa shape index (κ3) is 2.80. The van der Waals surface area contributed by atoms with Gasteiger partial charge < -0.3 is 10.3 Å². The molecule has 1 saturated carbocycles. The third-order valence-electron chi connectivity index (χ3n) is 4.35. The van der Waals surface area contributed by atoms with Crippen LogP contribution in [0.4, 0.5) is 13.2 Å². The zero-order valence-corrected chi connectivity index (χ0v) is 13.0. The Bertz CT molecular complexity index is 910. The predicted molar refractivity (Wildman–Crippen MR) is 81.6 cm³/mol. The van der Waals surface area contributed by atoms with Crippen LogP contribution in [-0.2, 0) is 11.7 Å². The molecule has 0 radical (unpaired) electrons. The van der Waals surface area contributed by atoms with Crippen LogP contribution in [0.3, 0.4) is 0 Å². The van der Waals surface area contributed by atoms with Crippen LogP contribution in [-0.4, -0.2) is 19.9 Å². The average molecular weight is 349 g/mol. The van der Waals surface area contributed by atoms with Crippen molar-refractivity contribution in [2.24, 2.45) is 5.73 Å². The molecule has 1 fully saturated rings. The van der Waals surface area contributed by atoms with Crippen molar-refractivity contribution in [2.45, 2.75) is 31.0 Å². The molecule has 130 valence electrons. The van der Waals surface area contributed by atoms with Crippen LogP contribution in [0.1, 0.15) is 30.8 Å². The fraction of sp³-hybridized carbons (Fsp3) is 0.312. The van der Waals surface area contributed by atoms with Crippen LogP contribution in [0, 0.1) is 0 Å². The third-order valence-corrected chi connectivity index (χ3v) is 4.35. The molecule has 0 aliphatic heterocycles. The fourth-order valence-electron chi connectivity index (χ4n) is 2.72. The number of rotatable bonds is 3. The van der Waals surface area contributed by atoms with Crippen molar-refractivity contribution in [3.8, 4) is 17.1 Å². The summed E-state index contributed by atoms with van der Waals surface area (Å²) in [7, 11) is 0. The Kier molecular flexibility index (Phi) is 3.43. The second-order valence-corrected chi connectivity index (χ2v) is 6.13. The van der Waals surface area contributed by atoms with E-state index in [-0.39, 0.29) is 5.89 Å². The average Bonchev–Trinajstić information content (AvgIpc) is 3.22. The molecule has 1 aliphatic carbocycles. The molecule has 1 aromatic carbocycles. The first-order valence-corrected chi connectivity index (χ1v) is 7.72. The highest BCUT2D eigenvalue weighted by molar-refractivity contribution is 5.57. The number of benzene rings is 1. The number of nitrogens with zero attached hydrogens (tertiary/aromatic N) is 4. The maximum Gasteiger partial charge on any atom is 0.435 e. The minimum absolute atomic E-state index is 0.275. The summed E-state index contributed by atoms with van der Waals surface area (Å²) in [6.45, 7) is 0. The summed E-state index contributed by atoms with van der Waals surface area (Å²) < 4.78 is 44.5. The van der Waals surface area contributed by atoms with Gasteiger partial charge in [0.1, 0.15) is 0 Å². The van der Waals surface area contributed by atoms with Crippen molar-refractivity contribution in [1.29, 1.82) is 0 Å². The Labute approximate surface area is 140 Å². The van der Waals surface area contributed by atoms with E-state index in [4.69, 9.17) is 10.3 Å². The number of aromatic nitrogens is 4. The maximum atomic E-state index is 12.7. The largest absolute Gasteiger partial charge is 0.435 e. The molecule has 25 heavy (non-hydrogen) atoms. The molecule has 4 rings (SSSR count). The van der Waals surface area contributed by atoms with Crippen molar-refractivity contribution < 1.29 is 17.7 Å². The van der Waals surface area contributed by atoms with Crippen LogP contribution < -0.4 is 5.73 Å². The number of hydrogen-bond acceptors (Lipinski definition) is 5. The van der Waals surface area contributed by atoms with Crippen molar-refractivity contribution >= 4 is 0 Å². The molecule has 0 spiro atoms. The van der Waals surface area contributed by atoms with E-state index in [1.807, 2.05) is 0 Å². The summed E-state index contributed by atoms with van der Waals surface area (Å²) >= 11 is 0. The molecule has 0 unspecified atom stereocenters. The smallest absolute Gasteiger partial charge is 0.334 e. The van der Waals surface area contributed by atoms with E-state index in [9.17, 15) is 13.2 Å². The summed E-state index contributed by atoms with van der Waals surface area (Å²) in [4.78, 5) is 4.34. The standard InChI is InChI=1S/C16H14F3N5O/c17-16(18,19)12-5-8-24(22-12)11-4-1-3-10(9-11)13-21-14(23-25-13)15(20)6-2-7-15/h1,3-5,8-9H,2,6-7,20H2. The van der Waals surface area contributed by atoms with E-state index in [0.29, 0.717) is 17.1 Å². The quantitative estimate of drug-likeness (QED) is 0.785. The molecule has 3 aromatic rings. The minimum atomic E-state index is -4.48. The molecule has 9 heteroatoms. The fourth-order valence-corrected chi connectivity index (χ4v) is 2.72. The molecular weight excluding hydrogens is 335 g/mol. The lowest BCUT2D eigenvalue weighted by Gasteiger charge is -2.34. The molecule has 0 amide bonds. The van der Waals surface area contributed by atoms with Crippen LogP contribution in [0.15, 0.2) is 41.1 Å². The van der Waals surface area contributed by atoms with E-state index in [2.05, 4.69) is 15.2 Å². The highest BCUT2D eigenvalue weighted by atomic mass is 19.4. The monoisotopic (exact) mass is 349 g/mol. The van der Waals surface area contributed by atoms with E-state index in [1.165, 1.54) is 6.20 Å². The number of alkyl halides is 3. The zero-order valence-electron chi connectivity index (χ0n) is 13.0. The van der Waals surface area contributed by atoms with E-state index in [0.717, 1.165) is 30.0 Å². The Morgan fingerprint density at radius 3 is 2.64 bits per heavy atom. The summed E-state index contributed by atoms with van der Waals surface area (Å²) in [6.07, 6.45) is -0.595. The van der Waals surface area contributed by atoms with Gasteiger partial charge in [-0.25, -0.2) is 4.68 Å². The topological polar surface area (TPSA) is 82.8 Å². The minimum Gasteiger partial charge on any atom is -0.334 e. The van der Waals surface area contributed by atoms with Crippen LogP contribution in [0.25, 0.3) is 17.1 Å². The maximum absolute atomic E-state index is 12.7. The van der Waals surface area contributed by atoms with Gasteiger partial charge in [0, 0.05) is 11.8 Å². The second-order valence-electron chi connectivity index (χ2n) is 6.13. The molecule has 1 aliphatic rings. The Hall–Kier alpha value is -2.68. The normalized spacial score (nSPS) is 16.6. The molecule has 0 bridgehead atoms. The Morgan fingerprint density at radius 1 is 1.20 bits per heavy atom. The predicted octanol–water partition coefficient (Wildman–Crippen LogP) is 3.28. The first-order valence-electron chi connectivity index (χ1n) is 7.72. The highest BCUT2D eigenvalue weighted by Gasteiger charge is 2.39. The molecule has 6 nitrogen and oxygen atoms in total. The van der Waals surface area contributed by atoms with Crippen molar-refractivity contribution in [2.75, 3.05) is 0 Å². The lowest BCUT2D eigenvalue weighted by atomic mass is 9.77. The van der Waals surface area contributed by atoms with Gasteiger partial charge >= 0.3 is 6.18 Å². The number of nitrogens with two attached hydrogens (primary N) is 1. The summed E-state index contributed by atoms with van der Waals surface area (Å²) in [5.74, 6) is 0.731. The zero-order chi connectivity index (χ0) is 17.7. The highest BCUT2D eigenvalue weighted by Crippen LogP contribution is 2.37. The van der Waals surface area contributed by atoms with E-state index >= 15 is 0 Å². The molecule has 2 aromatic heterocycles. The van der Waals surface area contributed by atoms with Crippen LogP contribution >= 0.6 is 0 Å². The van der Waals surface area contributed by atoms with Gasteiger partial charge in [0.25, 0.3) is 5.89 Å². The molecule has 0 saturated heterocycles. The SMILES string of the molecule is NC1(c2noc(-c3cccc(-n4ccc(C(F)(F)F)n4)c3)n2)CCC1. The number of halogens is 3. The molecule has 2 N–H and O–H groups in total. The van der Waals surface area contributed by atoms with Gasteiger partial charge in [-0.1, -0.05) is 11.2 Å². The lowest BCUT2D eigenvalue weighted by molar-refractivity contribution is -0.141. The van der Waals surface area contributed by atoms with Crippen molar-refractivity contribution in [1.82, 2.24) is 19.9 Å². The Morgan fingerprint density at radius 2 is 2.00 bits per heavy atom. The van der Waals surface area contributed by atoms with Gasteiger partial charge in [-0.15, -0.1) is 0 Å². The van der Waals surface area contributed by atoms with E-state index in [1.54, 1.807) is 24.3 Å². The van der Waals surface area contributed by atoms with Crippen molar-refractivity contribution in [3.63, 3.8) is 0 Å². The molecule has 0 atom stereocenters. The van der Waals surface area contributed by atoms with Crippen LogP contribution in [0.5, 0.6) is 0 Å². The Balaban J connectivity index is 1.65. The van der Waals surface area contributed by atoms with Crippen molar-refractivity contribution in [3.05, 3.63) is 48.0 Å². The van der Waals surface area contributed by atoms with E-state index < -0.39 is 17.4 Å². The summed E-state index contributed by atoms with van der Waals surface area (Å²) in [5, 5.41) is 7.50. The number of hydrogen-bond donors (Lipinski definition) is 1. The van der Waals surface area contributed by atoms with Gasteiger partial charge in [0.05, 0.1) is 11.2 Å².